The first kappa shape index (κ1) is 12.6. The summed E-state index contributed by atoms with van der Waals surface area (Å²) in [7, 11) is 0. The largest absolute Gasteiger partial charge is 0.322 e. The van der Waals surface area contributed by atoms with Crippen molar-refractivity contribution in [1.82, 2.24) is 4.90 Å². The lowest BCUT2D eigenvalue weighted by atomic mass is 9.90. The van der Waals surface area contributed by atoms with Crippen LogP contribution in [0.1, 0.15) is 26.7 Å². The average Bonchev–Trinajstić information content (AvgIpc) is 2.33. The molecule has 0 spiro atoms. The minimum Gasteiger partial charge on any atom is -0.312 e. The SMILES string of the molecule is CC1(C)CCC(=O)CN1C(=O)Nc1ccccc1. The second kappa shape index (κ2) is 4.80. The van der Waals surface area contributed by atoms with E-state index in [1.807, 2.05) is 44.2 Å². The van der Waals surface area contributed by atoms with Gasteiger partial charge in [-0.15, -0.1) is 0 Å². The Bertz CT molecular complexity index is 454. The Balaban J connectivity index is 2.10. The smallest absolute Gasteiger partial charge is 0.312 e. The van der Waals surface area contributed by atoms with E-state index in [1.54, 1.807) is 4.90 Å². The highest BCUT2D eigenvalue weighted by molar-refractivity contribution is 5.94. The fourth-order valence-electron chi connectivity index (χ4n) is 2.11. The number of carbonyl (C=O) groups excluding carboxylic acids is 2. The van der Waals surface area contributed by atoms with E-state index in [-0.39, 0.29) is 23.9 Å². The first-order valence-electron chi connectivity index (χ1n) is 6.14. The van der Waals surface area contributed by atoms with Gasteiger partial charge in [0.25, 0.3) is 0 Å². The van der Waals surface area contributed by atoms with Gasteiger partial charge < -0.3 is 10.2 Å². The van der Waals surface area contributed by atoms with Crippen LogP contribution in [0.5, 0.6) is 0 Å². The molecule has 18 heavy (non-hydrogen) atoms. The number of carbonyl (C=O) groups is 2. The van der Waals surface area contributed by atoms with Crippen molar-refractivity contribution in [1.29, 1.82) is 0 Å². The van der Waals surface area contributed by atoms with Crippen LogP contribution in [-0.4, -0.2) is 28.8 Å². The fourth-order valence-corrected chi connectivity index (χ4v) is 2.11. The monoisotopic (exact) mass is 246 g/mol. The van der Waals surface area contributed by atoms with Gasteiger partial charge in [0.2, 0.25) is 0 Å². The zero-order valence-electron chi connectivity index (χ0n) is 10.8. The maximum absolute atomic E-state index is 12.2. The predicted molar refractivity (Wildman–Crippen MR) is 70.5 cm³/mol. The Morgan fingerprint density at radius 3 is 2.61 bits per heavy atom. The van der Waals surface area contributed by atoms with Crippen LogP contribution in [0.4, 0.5) is 10.5 Å². The number of rotatable bonds is 1. The van der Waals surface area contributed by atoms with Crippen LogP contribution >= 0.6 is 0 Å². The zero-order chi connectivity index (χ0) is 13.2. The molecule has 4 nitrogen and oxygen atoms in total. The number of likely N-dealkylation sites (tertiary alicyclic amines) is 1. The van der Waals surface area contributed by atoms with Crippen molar-refractivity contribution in [3.63, 3.8) is 0 Å². The van der Waals surface area contributed by atoms with E-state index in [0.29, 0.717) is 12.8 Å². The van der Waals surface area contributed by atoms with Crippen molar-refractivity contribution >= 4 is 17.5 Å². The van der Waals surface area contributed by atoms with Crippen LogP contribution in [0.3, 0.4) is 0 Å². The Hall–Kier alpha value is -1.84. The summed E-state index contributed by atoms with van der Waals surface area (Å²) in [6, 6.07) is 9.07. The fraction of sp³-hybridized carbons (Fsp3) is 0.429. The highest BCUT2D eigenvalue weighted by Gasteiger charge is 2.36. The molecule has 1 heterocycles. The molecule has 0 aliphatic carbocycles. The van der Waals surface area contributed by atoms with Gasteiger partial charge >= 0.3 is 6.03 Å². The molecule has 1 N–H and O–H groups in total. The molecule has 2 rings (SSSR count). The summed E-state index contributed by atoms with van der Waals surface area (Å²) in [4.78, 5) is 25.3. The lowest BCUT2D eigenvalue weighted by Crippen LogP contribution is -2.54. The van der Waals surface area contributed by atoms with Gasteiger partial charge in [-0.25, -0.2) is 4.79 Å². The topological polar surface area (TPSA) is 49.4 Å². The Morgan fingerprint density at radius 2 is 1.94 bits per heavy atom. The van der Waals surface area contributed by atoms with Gasteiger partial charge in [-0.3, -0.25) is 4.79 Å². The molecule has 1 saturated heterocycles. The van der Waals surface area contributed by atoms with Crippen molar-refractivity contribution in [2.24, 2.45) is 0 Å². The number of anilines is 1. The lowest BCUT2D eigenvalue weighted by Gasteiger charge is -2.41. The lowest BCUT2D eigenvalue weighted by molar-refractivity contribution is -0.123. The molecular weight excluding hydrogens is 228 g/mol. The van der Waals surface area contributed by atoms with Crippen molar-refractivity contribution < 1.29 is 9.59 Å². The van der Waals surface area contributed by atoms with E-state index in [1.165, 1.54) is 0 Å². The predicted octanol–water partition coefficient (Wildman–Crippen LogP) is 2.66. The molecular formula is C14H18N2O2. The number of hydrogen-bond donors (Lipinski definition) is 1. The Kier molecular flexibility index (Phi) is 3.36. The third kappa shape index (κ3) is 2.70. The van der Waals surface area contributed by atoms with Crippen LogP contribution < -0.4 is 5.32 Å². The summed E-state index contributed by atoms with van der Waals surface area (Å²) in [6.07, 6.45) is 1.27. The maximum Gasteiger partial charge on any atom is 0.322 e. The molecule has 0 unspecified atom stereocenters. The standard InChI is InChI=1S/C14H18N2O2/c1-14(2)9-8-12(17)10-16(14)13(18)15-11-6-4-3-5-7-11/h3-7H,8-10H2,1-2H3,(H,15,18). The van der Waals surface area contributed by atoms with Crippen LogP contribution in [0.2, 0.25) is 0 Å². The minimum absolute atomic E-state index is 0.123. The average molecular weight is 246 g/mol. The normalized spacial score (nSPS) is 18.6. The van der Waals surface area contributed by atoms with Crippen molar-refractivity contribution in [3.8, 4) is 0 Å². The van der Waals surface area contributed by atoms with E-state index in [4.69, 9.17) is 0 Å². The van der Waals surface area contributed by atoms with Gasteiger partial charge in [-0.05, 0) is 32.4 Å². The molecule has 1 aromatic carbocycles. The van der Waals surface area contributed by atoms with Crippen LogP contribution in [0.25, 0.3) is 0 Å². The van der Waals surface area contributed by atoms with E-state index in [2.05, 4.69) is 5.32 Å². The molecule has 1 fully saturated rings. The first-order chi connectivity index (χ1) is 8.49. The summed E-state index contributed by atoms with van der Waals surface area (Å²) >= 11 is 0. The van der Waals surface area contributed by atoms with Gasteiger partial charge in [0.1, 0.15) is 0 Å². The summed E-state index contributed by atoms with van der Waals surface area (Å²) in [5.74, 6) is 0.123. The molecule has 0 atom stereocenters. The quantitative estimate of drug-likeness (QED) is 0.828. The third-order valence-electron chi connectivity index (χ3n) is 3.35. The van der Waals surface area contributed by atoms with Gasteiger partial charge in [0.15, 0.2) is 5.78 Å². The number of nitrogens with one attached hydrogen (secondary N) is 1. The number of piperidine rings is 1. The number of hydrogen-bond acceptors (Lipinski definition) is 2. The van der Waals surface area contributed by atoms with Crippen LogP contribution in [0, 0.1) is 0 Å². The van der Waals surface area contributed by atoms with Crippen LogP contribution in [0.15, 0.2) is 30.3 Å². The zero-order valence-corrected chi connectivity index (χ0v) is 10.8. The van der Waals surface area contributed by atoms with Crippen LogP contribution in [-0.2, 0) is 4.79 Å². The van der Waals surface area contributed by atoms with Gasteiger partial charge in [0.05, 0.1) is 6.54 Å². The van der Waals surface area contributed by atoms with Gasteiger partial charge in [-0.1, -0.05) is 18.2 Å². The number of urea groups is 1. The van der Waals surface area contributed by atoms with Crippen molar-refractivity contribution in [3.05, 3.63) is 30.3 Å². The molecule has 1 aliphatic rings. The van der Waals surface area contributed by atoms with Gasteiger partial charge in [-0.2, -0.15) is 0 Å². The molecule has 1 aromatic rings. The summed E-state index contributed by atoms with van der Waals surface area (Å²) < 4.78 is 0. The van der Waals surface area contributed by atoms with Gasteiger partial charge in [0, 0.05) is 17.6 Å². The maximum atomic E-state index is 12.2. The van der Waals surface area contributed by atoms with Crippen molar-refractivity contribution in [2.45, 2.75) is 32.2 Å². The number of nitrogens with zero attached hydrogens (tertiary/aromatic N) is 1. The summed E-state index contributed by atoms with van der Waals surface area (Å²) in [6.45, 7) is 4.18. The number of amides is 2. The highest BCUT2D eigenvalue weighted by atomic mass is 16.2. The molecule has 96 valence electrons. The second-order valence-corrected chi connectivity index (χ2v) is 5.23. The Labute approximate surface area is 107 Å². The third-order valence-corrected chi connectivity index (χ3v) is 3.35. The van der Waals surface area contributed by atoms with E-state index < -0.39 is 0 Å². The summed E-state index contributed by atoms with van der Waals surface area (Å²) in [5.41, 5.74) is 0.476. The van der Waals surface area contributed by atoms with Crippen molar-refractivity contribution in [2.75, 3.05) is 11.9 Å². The second-order valence-electron chi connectivity index (χ2n) is 5.23. The number of Topliss-reactive ketones (excluding diaryl/α,β-unsaturated/α-hetero) is 1. The Morgan fingerprint density at radius 1 is 1.28 bits per heavy atom. The van der Waals surface area contributed by atoms with E-state index in [0.717, 1.165) is 5.69 Å². The molecule has 0 aromatic heterocycles. The molecule has 1 aliphatic heterocycles. The highest BCUT2D eigenvalue weighted by Crippen LogP contribution is 2.26. The molecule has 2 amide bonds. The first-order valence-corrected chi connectivity index (χ1v) is 6.14. The molecule has 0 radical (unpaired) electrons. The summed E-state index contributed by atoms with van der Waals surface area (Å²) in [5, 5.41) is 2.82. The molecule has 0 bridgehead atoms. The number of para-hydroxylation sites is 1. The number of ketones is 1. The number of benzene rings is 1. The molecule has 0 saturated carbocycles. The van der Waals surface area contributed by atoms with E-state index >= 15 is 0 Å². The minimum atomic E-state index is -0.271. The molecule has 4 heteroatoms. The van der Waals surface area contributed by atoms with E-state index in [9.17, 15) is 9.59 Å².